The molecule has 3 aromatic heterocycles. The van der Waals surface area contributed by atoms with Gasteiger partial charge in [0.15, 0.2) is 11.6 Å². The van der Waals surface area contributed by atoms with Gasteiger partial charge in [0, 0.05) is 25.8 Å². The first-order valence-electron chi connectivity index (χ1n) is 11.2. The van der Waals surface area contributed by atoms with E-state index in [1.165, 1.54) is 32.8 Å². The Bertz CT molecular complexity index is 1310. The van der Waals surface area contributed by atoms with Crippen molar-refractivity contribution >= 4 is 0 Å². The van der Waals surface area contributed by atoms with Gasteiger partial charge in [-0.2, -0.15) is 13.2 Å². The van der Waals surface area contributed by atoms with Crippen LogP contribution in [0.25, 0.3) is 17.1 Å². The van der Waals surface area contributed by atoms with Crippen molar-refractivity contribution in [2.75, 3.05) is 14.2 Å². The molecule has 0 atom stereocenters. The molecule has 0 amide bonds. The summed E-state index contributed by atoms with van der Waals surface area (Å²) in [4.78, 5) is 11.4. The molecule has 0 aliphatic carbocycles. The number of methoxy groups -OCH3 is 2. The van der Waals surface area contributed by atoms with Crippen molar-refractivity contribution in [1.82, 2.24) is 29.7 Å². The Hall–Kier alpha value is -4.09. The third-order valence-electron chi connectivity index (χ3n) is 5.04. The van der Waals surface area contributed by atoms with E-state index in [-0.39, 0.29) is 18.6 Å². The van der Waals surface area contributed by atoms with Gasteiger partial charge in [-0.15, -0.1) is 10.2 Å². The Balaban J connectivity index is 0.000000356. The topological polar surface area (TPSA) is 87.8 Å². The fraction of sp³-hybridized carbons (Fsp3) is 0.320. The van der Waals surface area contributed by atoms with Crippen molar-refractivity contribution < 1.29 is 28.5 Å². The summed E-state index contributed by atoms with van der Waals surface area (Å²) in [5, 5.41) is 8.04. The molecule has 0 aliphatic heterocycles. The number of alkyl halides is 3. The molecule has 3 heterocycles. The molecule has 0 aliphatic rings. The zero-order chi connectivity index (χ0) is 27.2. The summed E-state index contributed by atoms with van der Waals surface area (Å²) < 4.78 is 63.7. The van der Waals surface area contributed by atoms with E-state index >= 15 is 0 Å². The number of benzene rings is 1. The van der Waals surface area contributed by atoms with E-state index in [4.69, 9.17) is 9.47 Å². The summed E-state index contributed by atoms with van der Waals surface area (Å²) in [5.74, 6) is 2.44. The molecule has 0 spiro atoms. The van der Waals surface area contributed by atoms with E-state index < -0.39 is 11.7 Å². The Morgan fingerprint density at radius 1 is 0.973 bits per heavy atom. The monoisotopic (exact) mass is 520 g/mol. The van der Waals surface area contributed by atoms with E-state index in [0.29, 0.717) is 34.8 Å². The highest BCUT2D eigenvalue weighted by molar-refractivity contribution is 5.65. The quantitative estimate of drug-likeness (QED) is 0.300. The fourth-order valence-corrected chi connectivity index (χ4v) is 3.40. The predicted octanol–water partition coefficient (Wildman–Crippen LogP) is 5.73. The molecule has 8 nitrogen and oxygen atoms in total. The van der Waals surface area contributed by atoms with E-state index in [9.17, 15) is 17.6 Å². The number of pyridine rings is 1. The predicted molar refractivity (Wildman–Crippen MR) is 130 cm³/mol. The molecule has 0 bridgehead atoms. The molecule has 0 unspecified atom stereocenters. The SMILES string of the molecule is CC(C)Cc1ncc(F)cn1.COc1cccc(OC)c1-n1c(C)nnc1-c1cncc(C(F)(F)F)c1.[HH]. The van der Waals surface area contributed by atoms with Crippen LogP contribution in [-0.4, -0.2) is 43.9 Å². The van der Waals surface area contributed by atoms with Crippen molar-refractivity contribution in [2.24, 2.45) is 5.92 Å². The van der Waals surface area contributed by atoms with E-state index in [2.05, 4.69) is 39.0 Å². The van der Waals surface area contributed by atoms with E-state index in [0.717, 1.165) is 18.7 Å². The van der Waals surface area contributed by atoms with Crippen LogP contribution in [0.15, 0.2) is 49.1 Å². The van der Waals surface area contributed by atoms with Crippen LogP contribution in [0.1, 0.15) is 32.5 Å². The lowest BCUT2D eigenvalue weighted by atomic mass is 10.1. The molecule has 0 fully saturated rings. The van der Waals surface area contributed by atoms with Gasteiger partial charge in [0.05, 0.1) is 32.2 Å². The van der Waals surface area contributed by atoms with Crippen molar-refractivity contribution in [1.29, 1.82) is 0 Å². The molecule has 0 N–H and O–H groups in total. The molecule has 198 valence electrons. The lowest BCUT2D eigenvalue weighted by molar-refractivity contribution is -0.137. The first-order valence-corrected chi connectivity index (χ1v) is 11.2. The number of aryl methyl sites for hydroxylation is 1. The second kappa shape index (κ2) is 11.8. The van der Waals surface area contributed by atoms with Crippen molar-refractivity contribution in [3.05, 3.63) is 72.1 Å². The Labute approximate surface area is 212 Å². The molecule has 37 heavy (non-hydrogen) atoms. The van der Waals surface area contributed by atoms with Crippen molar-refractivity contribution in [3.8, 4) is 28.6 Å². The summed E-state index contributed by atoms with van der Waals surface area (Å²) in [5.41, 5.74) is -0.199. The summed E-state index contributed by atoms with van der Waals surface area (Å²) in [6.07, 6.45) is 0.762. The fourth-order valence-electron chi connectivity index (χ4n) is 3.40. The smallest absolute Gasteiger partial charge is 0.417 e. The maximum absolute atomic E-state index is 13.0. The summed E-state index contributed by atoms with van der Waals surface area (Å²) >= 11 is 0. The molecule has 0 saturated carbocycles. The van der Waals surface area contributed by atoms with Crippen molar-refractivity contribution in [3.63, 3.8) is 0 Å². The van der Waals surface area contributed by atoms with Gasteiger partial charge >= 0.3 is 6.18 Å². The Morgan fingerprint density at radius 3 is 2.14 bits per heavy atom. The zero-order valence-corrected chi connectivity index (χ0v) is 20.9. The number of para-hydroxylation sites is 1. The minimum Gasteiger partial charge on any atom is -0.494 e. The largest absolute Gasteiger partial charge is 0.494 e. The maximum Gasteiger partial charge on any atom is 0.417 e. The highest BCUT2D eigenvalue weighted by atomic mass is 19.4. The number of hydrogen-bond donors (Lipinski definition) is 0. The van der Waals surface area contributed by atoms with Gasteiger partial charge in [0.1, 0.15) is 28.8 Å². The molecule has 0 saturated heterocycles. The number of hydrogen-bond acceptors (Lipinski definition) is 7. The van der Waals surface area contributed by atoms with E-state index in [1.54, 1.807) is 29.7 Å². The molecule has 0 radical (unpaired) electrons. The number of aromatic nitrogens is 6. The van der Waals surface area contributed by atoms with Crippen molar-refractivity contribution in [2.45, 2.75) is 33.4 Å². The summed E-state index contributed by atoms with van der Waals surface area (Å²) in [7, 11) is 2.98. The molecular formula is C25H28F4N6O2. The highest BCUT2D eigenvalue weighted by Gasteiger charge is 2.32. The first kappa shape index (κ1) is 27.5. The Kier molecular flexibility index (Phi) is 8.74. The van der Waals surface area contributed by atoms with Gasteiger partial charge in [0.25, 0.3) is 0 Å². The average Bonchev–Trinajstić information content (AvgIpc) is 3.25. The van der Waals surface area contributed by atoms with Crippen LogP contribution in [0.2, 0.25) is 0 Å². The van der Waals surface area contributed by atoms with Gasteiger partial charge in [-0.25, -0.2) is 14.4 Å². The van der Waals surface area contributed by atoms with Crippen LogP contribution < -0.4 is 9.47 Å². The van der Waals surface area contributed by atoms with Gasteiger partial charge < -0.3 is 9.47 Å². The number of ether oxygens (including phenoxy) is 2. The summed E-state index contributed by atoms with van der Waals surface area (Å²) in [6.45, 7) is 5.84. The minimum absolute atomic E-state index is 0. The molecule has 1 aromatic carbocycles. The number of halogens is 4. The van der Waals surface area contributed by atoms with Gasteiger partial charge in [-0.05, 0) is 31.0 Å². The third-order valence-corrected chi connectivity index (χ3v) is 5.04. The van der Waals surface area contributed by atoms with Crippen LogP contribution in [0.5, 0.6) is 11.5 Å². The second-order valence-corrected chi connectivity index (χ2v) is 8.29. The zero-order valence-electron chi connectivity index (χ0n) is 20.9. The van der Waals surface area contributed by atoms with Gasteiger partial charge in [0.2, 0.25) is 0 Å². The summed E-state index contributed by atoms with van der Waals surface area (Å²) in [6, 6.07) is 6.15. The second-order valence-electron chi connectivity index (χ2n) is 8.29. The minimum atomic E-state index is -4.51. The standard InChI is InChI=1S/C17H15F3N4O2.C8H11FN2.H2/c1-10-22-23-16(11-7-12(9-21-8-11)17(18,19)20)24(10)15-13(25-2)5-4-6-14(15)26-3;1-6(2)3-8-10-4-7(9)5-11-8;/h4-9H,1-3H3;4-6H,3H2,1-2H3;1H. The molecular weight excluding hydrogens is 492 g/mol. The Morgan fingerprint density at radius 2 is 1.59 bits per heavy atom. The normalized spacial score (nSPS) is 11.2. The van der Waals surface area contributed by atoms with Crippen LogP contribution in [0.4, 0.5) is 17.6 Å². The van der Waals surface area contributed by atoms with Gasteiger partial charge in [-0.1, -0.05) is 19.9 Å². The molecule has 4 aromatic rings. The maximum atomic E-state index is 13.0. The van der Waals surface area contributed by atoms with Crippen LogP contribution in [-0.2, 0) is 12.6 Å². The first-order chi connectivity index (χ1) is 17.5. The number of rotatable bonds is 6. The van der Waals surface area contributed by atoms with E-state index in [1.807, 2.05) is 0 Å². The third kappa shape index (κ3) is 6.78. The number of nitrogens with zero attached hydrogens (tertiary/aromatic N) is 6. The van der Waals surface area contributed by atoms with Crippen LogP contribution in [0, 0.1) is 18.7 Å². The van der Waals surface area contributed by atoms with Gasteiger partial charge in [-0.3, -0.25) is 9.55 Å². The lowest BCUT2D eigenvalue weighted by Gasteiger charge is -2.16. The molecule has 4 rings (SSSR count). The highest BCUT2D eigenvalue weighted by Crippen LogP contribution is 2.37. The lowest BCUT2D eigenvalue weighted by Crippen LogP contribution is -2.08. The average molecular weight is 521 g/mol. The van der Waals surface area contributed by atoms with Crippen LogP contribution >= 0.6 is 0 Å². The van der Waals surface area contributed by atoms with Crippen LogP contribution in [0.3, 0.4) is 0 Å². The molecule has 12 heteroatoms.